The van der Waals surface area contributed by atoms with Crippen LogP contribution in [0.3, 0.4) is 0 Å². The minimum absolute atomic E-state index is 0.00715. The first-order valence-electron chi connectivity index (χ1n) is 7.68. The van der Waals surface area contributed by atoms with Crippen LogP contribution in [0.4, 0.5) is 11.4 Å². The normalized spacial score (nSPS) is 12.1. The average molecular weight is 322 g/mol. The zero-order valence-corrected chi connectivity index (χ0v) is 14.2. The van der Waals surface area contributed by atoms with Gasteiger partial charge in [-0.25, -0.2) is 0 Å². The highest BCUT2D eigenvalue weighted by Gasteiger charge is 2.20. The van der Waals surface area contributed by atoms with Gasteiger partial charge >= 0.3 is 0 Å². The summed E-state index contributed by atoms with van der Waals surface area (Å²) >= 11 is 0. The van der Waals surface area contributed by atoms with E-state index in [2.05, 4.69) is 13.8 Å². The molecule has 0 saturated heterocycles. The Kier molecular flexibility index (Phi) is 6.96. The molecule has 2 N–H and O–H groups in total. The van der Waals surface area contributed by atoms with Gasteiger partial charge in [-0.15, -0.1) is 0 Å². The molecule has 0 aliphatic carbocycles. The van der Waals surface area contributed by atoms with Crippen LogP contribution in [0, 0.1) is 16.0 Å². The van der Waals surface area contributed by atoms with Crippen LogP contribution in [0.5, 0.6) is 0 Å². The van der Waals surface area contributed by atoms with Gasteiger partial charge in [-0.3, -0.25) is 14.9 Å². The largest absolute Gasteiger partial charge is 0.360 e. The van der Waals surface area contributed by atoms with Gasteiger partial charge in [0.05, 0.1) is 11.5 Å². The summed E-state index contributed by atoms with van der Waals surface area (Å²) in [6.07, 6.45) is 0.731. The Balaban J connectivity index is 2.65. The van der Waals surface area contributed by atoms with Crippen molar-refractivity contribution in [2.24, 2.45) is 11.7 Å². The highest BCUT2D eigenvalue weighted by molar-refractivity contribution is 5.82. The predicted octanol–water partition coefficient (Wildman–Crippen LogP) is 1.86. The summed E-state index contributed by atoms with van der Waals surface area (Å²) in [6, 6.07) is 6.45. The van der Waals surface area contributed by atoms with Crippen LogP contribution in [0.25, 0.3) is 0 Å². The first-order chi connectivity index (χ1) is 10.7. The number of nitrogens with two attached hydrogens (primary N) is 1. The lowest BCUT2D eigenvalue weighted by Gasteiger charge is -2.25. The van der Waals surface area contributed by atoms with Crippen LogP contribution in [0.1, 0.15) is 20.3 Å². The van der Waals surface area contributed by atoms with Gasteiger partial charge in [-0.1, -0.05) is 26.0 Å². The van der Waals surface area contributed by atoms with E-state index in [1.165, 1.54) is 6.07 Å². The molecule has 1 rings (SSSR count). The number of nitrogens with zero attached hydrogens (tertiary/aromatic N) is 3. The van der Waals surface area contributed by atoms with Crippen molar-refractivity contribution in [1.29, 1.82) is 0 Å². The smallest absolute Gasteiger partial charge is 0.292 e. The molecule has 0 saturated carbocycles. The van der Waals surface area contributed by atoms with Gasteiger partial charge in [0.25, 0.3) is 5.69 Å². The molecule has 0 fully saturated rings. The Morgan fingerprint density at radius 3 is 2.48 bits per heavy atom. The molecular formula is C16H26N4O3. The second kappa shape index (κ2) is 8.47. The average Bonchev–Trinajstić information content (AvgIpc) is 2.51. The van der Waals surface area contributed by atoms with Crippen LogP contribution in [-0.2, 0) is 4.79 Å². The van der Waals surface area contributed by atoms with Crippen LogP contribution in [-0.4, -0.2) is 49.0 Å². The van der Waals surface area contributed by atoms with E-state index in [4.69, 9.17) is 5.73 Å². The van der Waals surface area contributed by atoms with Crippen LogP contribution in [0.15, 0.2) is 24.3 Å². The number of nitro benzene ring substituents is 1. The molecule has 0 aliphatic heterocycles. The number of carbonyl (C=O) groups is 1. The molecule has 0 aromatic heterocycles. The maximum atomic E-state index is 12.3. The summed E-state index contributed by atoms with van der Waals surface area (Å²) < 4.78 is 0. The maximum Gasteiger partial charge on any atom is 0.292 e. The molecule has 1 unspecified atom stereocenters. The molecule has 0 radical (unpaired) electrons. The highest BCUT2D eigenvalue weighted by Crippen LogP contribution is 2.26. The third-order valence-electron chi connectivity index (χ3n) is 3.94. The van der Waals surface area contributed by atoms with E-state index in [0.717, 1.165) is 6.42 Å². The summed E-state index contributed by atoms with van der Waals surface area (Å²) in [5.41, 5.74) is 6.41. The highest BCUT2D eigenvalue weighted by atomic mass is 16.6. The number of hydrogen-bond acceptors (Lipinski definition) is 5. The summed E-state index contributed by atoms with van der Waals surface area (Å²) in [7, 11) is 3.40. The standard InChI is InChI=1S/C16H26N4O3/c1-12(2)13(17)9-10-18(3)16(21)11-19(4)14-7-5-6-8-15(14)20(22)23/h5-8,12-13H,9-11,17H2,1-4H3. The fraction of sp³-hybridized carbons (Fsp3) is 0.562. The quantitative estimate of drug-likeness (QED) is 0.582. The van der Waals surface area contributed by atoms with Crippen molar-refractivity contribution in [3.05, 3.63) is 34.4 Å². The molecule has 7 nitrogen and oxygen atoms in total. The first kappa shape index (κ1) is 18.9. The van der Waals surface area contributed by atoms with E-state index in [1.54, 1.807) is 42.1 Å². The van der Waals surface area contributed by atoms with Gasteiger partial charge in [0, 0.05) is 32.7 Å². The Bertz CT molecular complexity index is 548. The van der Waals surface area contributed by atoms with Crippen LogP contribution >= 0.6 is 0 Å². The van der Waals surface area contributed by atoms with Gasteiger partial charge in [-0.2, -0.15) is 0 Å². The molecule has 1 amide bonds. The number of carbonyl (C=O) groups excluding carboxylic acids is 1. The number of para-hydroxylation sites is 2. The minimum Gasteiger partial charge on any atom is -0.360 e. The van der Waals surface area contributed by atoms with E-state index < -0.39 is 4.92 Å². The van der Waals surface area contributed by atoms with Crippen molar-refractivity contribution in [2.45, 2.75) is 26.3 Å². The number of amides is 1. The summed E-state index contributed by atoms with van der Waals surface area (Å²) in [5, 5.41) is 11.1. The second-order valence-corrected chi connectivity index (χ2v) is 6.11. The predicted molar refractivity (Wildman–Crippen MR) is 91.4 cm³/mol. The number of hydrogen-bond donors (Lipinski definition) is 1. The SMILES string of the molecule is CC(C)C(N)CCN(C)C(=O)CN(C)c1ccccc1[N+](=O)[O-]. The first-order valence-corrected chi connectivity index (χ1v) is 7.68. The van der Waals surface area contributed by atoms with Crippen molar-refractivity contribution in [3.8, 4) is 0 Å². The van der Waals surface area contributed by atoms with Crippen molar-refractivity contribution >= 4 is 17.3 Å². The van der Waals surface area contributed by atoms with E-state index in [9.17, 15) is 14.9 Å². The van der Waals surface area contributed by atoms with E-state index >= 15 is 0 Å². The van der Waals surface area contributed by atoms with Gasteiger partial charge in [-0.05, 0) is 18.4 Å². The Hall–Kier alpha value is -2.15. The zero-order chi connectivity index (χ0) is 17.6. The molecule has 128 valence electrons. The molecule has 0 aliphatic rings. The number of anilines is 1. The number of nitro groups is 1. The second-order valence-electron chi connectivity index (χ2n) is 6.11. The van der Waals surface area contributed by atoms with Gasteiger partial charge in [0.1, 0.15) is 5.69 Å². The Morgan fingerprint density at radius 1 is 1.30 bits per heavy atom. The monoisotopic (exact) mass is 322 g/mol. The van der Waals surface area contributed by atoms with Gasteiger partial charge < -0.3 is 15.5 Å². The van der Waals surface area contributed by atoms with Crippen molar-refractivity contribution < 1.29 is 9.72 Å². The third kappa shape index (κ3) is 5.52. The lowest BCUT2D eigenvalue weighted by atomic mass is 10.0. The topological polar surface area (TPSA) is 92.7 Å². The number of benzene rings is 1. The van der Waals surface area contributed by atoms with Crippen LogP contribution in [0.2, 0.25) is 0 Å². The Morgan fingerprint density at radius 2 is 1.91 bits per heavy atom. The molecule has 1 aromatic rings. The van der Waals surface area contributed by atoms with Crippen LogP contribution < -0.4 is 10.6 Å². The molecule has 23 heavy (non-hydrogen) atoms. The summed E-state index contributed by atoms with van der Waals surface area (Å²) in [5.74, 6) is 0.273. The molecular weight excluding hydrogens is 296 g/mol. The molecule has 0 bridgehead atoms. The number of likely N-dealkylation sites (N-methyl/N-ethyl adjacent to an activating group) is 2. The van der Waals surface area contributed by atoms with E-state index in [0.29, 0.717) is 18.2 Å². The third-order valence-corrected chi connectivity index (χ3v) is 3.94. The molecule has 1 aromatic carbocycles. The molecule has 1 atom stereocenters. The minimum atomic E-state index is -0.443. The summed E-state index contributed by atoms with van der Waals surface area (Å²) in [6.45, 7) is 4.75. The lowest BCUT2D eigenvalue weighted by molar-refractivity contribution is -0.384. The van der Waals surface area contributed by atoms with Gasteiger partial charge in [0.2, 0.25) is 5.91 Å². The van der Waals surface area contributed by atoms with Gasteiger partial charge in [0.15, 0.2) is 0 Å². The van der Waals surface area contributed by atoms with Crippen molar-refractivity contribution in [1.82, 2.24) is 4.90 Å². The van der Waals surface area contributed by atoms with Crippen molar-refractivity contribution in [3.63, 3.8) is 0 Å². The maximum absolute atomic E-state index is 12.3. The van der Waals surface area contributed by atoms with E-state index in [-0.39, 0.29) is 24.2 Å². The summed E-state index contributed by atoms with van der Waals surface area (Å²) in [4.78, 5) is 26.1. The number of rotatable bonds is 8. The molecule has 0 spiro atoms. The van der Waals surface area contributed by atoms with Crippen molar-refractivity contribution in [2.75, 3.05) is 32.1 Å². The Labute approximate surface area is 137 Å². The molecule has 7 heteroatoms. The zero-order valence-electron chi connectivity index (χ0n) is 14.2. The fourth-order valence-electron chi connectivity index (χ4n) is 2.15. The lowest BCUT2D eigenvalue weighted by Crippen LogP contribution is -2.39. The molecule has 0 heterocycles. The fourth-order valence-corrected chi connectivity index (χ4v) is 2.15. The van der Waals surface area contributed by atoms with E-state index in [1.807, 2.05) is 0 Å².